The second-order valence-corrected chi connectivity index (χ2v) is 7.76. The monoisotopic (exact) mass is 433 g/mol. The average molecular weight is 434 g/mol. The molecule has 0 spiro atoms. The van der Waals surface area contributed by atoms with Crippen LogP contribution in [0.2, 0.25) is 0 Å². The lowest BCUT2D eigenvalue weighted by Gasteiger charge is -2.12. The summed E-state index contributed by atoms with van der Waals surface area (Å²) in [7, 11) is 0. The summed E-state index contributed by atoms with van der Waals surface area (Å²) in [5, 5.41) is 14.9. The van der Waals surface area contributed by atoms with Gasteiger partial charge in [0, 0.05) is 11.3 Å². The van der Waals surface area contributed by atoms with E-state index in [9.17, 15) is 9.18 Å². The summed E-state index contributed by atoms with van der Waals surface area (Å²) >= 11 is 5.34. The van der Waals surface area contributed by atoms with Gasteiger partial charge in [0.15, 0.2) is 5.11 Å². The van der Waals surface area contributed by atoms with Crippen molar-refractivity contribution in [3.63, 3.8) is 0 Å². The number of amides is 1. The fourth-order valence-corrected chi connectivity index (χ4v) is 3.49. The molecule has 0 fully saturated rings. The zero-order chi connectivity index (χ0) is 22.1. The fraction of sp³-hybridized carbons (Fsp3) is 0.130. The molecule has 6 nitrogen and oxygen atoms in total. The summed E-state index contributed by atoms with van der Waals surface area (Å²) in [5.41, 5.74) is 6.14. The summed E-state index contributed by atoms with van der Waals surface area (Å²) in [6.45, 7) is 5.78. The highest BCUT2D eigenvalue weighted by molar-refractivity contribution is 7.80. The van der Waals surface area contributed by atoms with Crippen molar-refractivity contribution in [3.05, 3.63) is 82.7 Å². The van der Waals surface area contributed by atoms with Crippen molar-refractivity contribution in [2.24, 2.45) is 0 Å². The number of benzene rings is 3. The van der Waals surface area contributed by atoms with Crippen LogP contribution in [0.3, 0.4) is 0 Å². The van der Waals surface area contributed by atoms with Crippen LogP contribution < -0.4 is 10.6 Å². The lowest BCUT2D eigenvalue weighted by molar-refractivity contribution is 0.0977. The number of fused-ring (bicyclic) bond motifs is 1. The molecule has 3 aromatic carbocycles. The third kappa shape index (κ3) is 4.44. The molecule has 0 bridgehead atoms. The maximum Gasteiger partial charge on any atom is 0.257 e. The fourth-order valence-electron chi connectivity index (χ4n) is 3.28. The van der Waals surface area contributed by atoms with Crippen LogP contribution in [0, 0.1) is 26.6 Å². The highest BCUT2D eigenvalue weighted by Crippen LogP contribution is 2.22. The molecule has 0 aliphatic carbocycles. The molecule has 31 heavy (non-hydrogen) atoms. The smallest absolute Gasteiger partial charge is 0.257 e. The second-order valence-electron chi connectivity index (χ2n) is 7.35. The molecule has 1 aromatic heterocycles. The molecule has 0 saturated heterocycles. The summed E-state index contributed by atoms with van der Waals surface area (Å²) in [6.07, 6.45) is 0. The summed E-state index contributed by atoms with van der Waals surface area (Å²) in [6, 6.07) is 15.3. The maximum atomic E-state index is 13.2. The van der Waals surface area contributed by atoms with E-state index in [-0.39, 0.29) is 16.8 Å². The predicted octanol–water partition coefficient (Wildman–Crippen LogP) is 4.61. The topological polar surface area (TPSA) is 71.8 Å². The molecule has 0 aliphatic heterocycles. The first-order valence-electron chi connectivity index (χ1n) is 9.63. The Morgan fingerprint density at radius 3 is 2.29 bits per heavy atom. The predicted molar refractivity (Wildman–Crippen MR) is 123 cm³/mol. The van der Waals surface area contributed by atoms with Gasteiger partial charge in [-0.05, 0) is 86.6 Å². The summed E-state index contributed by atoms with van der Waals surface area (Å²) < 4.78 is 13.2. The highest BCUT2D eigenvalue weighted by Gasteiger charge is 2.13. The number of carbonyl (C=O) groups excluding carboxylic acids is 1. The standard InChI is InChI=1S/C23H20FN5OS/c1-13-4-9-18(14(2)10-13)22(30)26-23(31)25-19-12-21-20(11-15(19)3)27-29(28-21)17-7-5-16(24)6-8-17/h4-12H,1-3H3,(H2,25,26,30,31). The maximum absolute atomic E-state index is 13.2. The Morgan fingerprint density at radius 2 is 1.61 bits per heavy atom. The third-order valence-electron chi connectivity index (χ3n) is 4.89. The van der Waals surface area contributed by atoms with Crippen LogP contribution >= 0.6 is 12.2 Å². The van der Waals surface area contributed by atoms with Crippen LogP contribution in [-0.2, 0) is 0 Å². The van der Waals surface area contributed by atoms with Crippen molar-refractivity contribution in [1.29, 1.82) is 0 Å². The Balaban J connectivity index is 1.53. The van der Waals surface area contributed by atoms with Gasteiger partial charge in [0.25, 0.3) is 5.91 Å². The zero-order valence-electron chi connectivity index (χ0n) is 17.2. The van der Waals surface area contributed by atoms with Crippen LogP contribution in [0.1, 0.15) is 27.0 Å². The molecule has 0 aliphatic rings. The minimum absolute atomic E-state index is 0.193. The second kappa shape index (κ2) is 8.23. The number of hydrogen-bond donors (Lipinski definition) is 2. The highest BCUT2D eigenvalue weighted by atomic mass is 32.1. The number of thiocarbonyl (C=S) groups is 1. The van der Waals surface area contributed by atoms with E-state index in [4.69, 9.17) is 12.2 Å². The van der Waals surface area contributed by atoms with Gasteiger partial charge in [-0.2, -0.15) is 4.80 Å². The number of aryl methyl sites for hydroxylation is 3. The van der Waals surface area contributed by atoms with Gasteiger partial charge in [-0.1, -0.05) is 17.7 Å². The molecule has 1 amide bonds. The van der Waals surface area contributed by atoms with Gasteiger partial charge >= 0.3 is 0 Å². The molecule has 2 N–H and O–H groups in total. The number of halogens is 1. The molecule has 1 heterocycles. The van der Waals surface area contributed by atoms with E-state index in [1.54, 1.807) is 18.2 Å². The van der Waals surface area contributed by atoms with Crippen molar-refractivity contribution in [2.45, 2.75) is 20.8 Å². The van der Waals surface area contributed by atoms with Crippen molar-refractivity contribution < 1.29 is 9.18 Å². The van der Waals surface area contributed by atoms with Crippen LogP contribution in [-0.4, -0.2) is 26.0 Å². The molecular weight excluding hydrogens is 413 g/mol. The van der Waals surface area contributed by atoms with Gasteiger partial charge in [-0.25, -0.2) is 4.39 Å². The number of nitrogens with zero attached hydrogens (tertiary/aromatic N) is 3. The number of rotatable bonds is 3. The molecule has 0 radical (unpaired) electrons. The molecule has 0 atom stereocenters. The summed E-state index contributed by atoms with van der Waals surface area (Å²) in [5.74, 6) is -0.588. The lowest BCUT2D eigenvalue weighted by atomic mass is 10.1. The Kier molecular flexibility index (Phi) is 5.48. The van der Waals surface area contributed by atoms with E-state index in [1.807, 2.05) is 45.0 Å². The lowest BCUT2D eigenvalue weighted by Crippen LogP contribution is -2.34. The van der Waals surface area contributed by atoms with Gasteiger partial charge in [0.2, 0.25) is 0 Å². The van der Waals surface area contributed by atoms with E-state index >= 15 is 0 Å². The van der Waals surface area contributed by atoms with Crippen molar-refractivity contribution in [2.75, 3.05) is 5.32 Å². The average Bonchev–Trinajstić information content (AvgIpc) is 3.11. The molecule has 8 heteroatoms. The van der Waals surface area contributed by atoms with Gasteiger partial charge in [-0.3, -0.25) is 10.1 Å². The van der Waals surface area contributed by atoms with E-state index in [0.717, 1.165) is 16.7 Å². The van der Waals surface area contributed by atoms with Crippen molar-refractivity contribution in [1.82, 2.24) is 20.3 Å². The molecule has 156 valence electrons. The minimum Gasteiger partial charge on any atom is -0.332 e. The first-order valence-corrected chi connectivity index (χ1v) is 10.0. The Morgan fingerprint density at radius 1 is 0.935 bits per heavy atom. The first-order chi connectivity index (χ1) is 14.8. The Bertz CT molecular complexity index is 1310. The van der Waals surface area contributed by atoms with Crippen molar-refractivity contribution in [3.8, 4) is 5.69 Å². The largest absolute Gasteiger partial charge is 0.332 e. The number of hydrogen-bond acceptors (Lipinski definition) is 4. The molecular formula is C23H20FN5OS. The normalized spacial score (nSPS) is 10.8. The van der Waals surface area contributed by atoms with Gasteiger partial charge in [0.05, 0.1) is 5.69 Å². The third-order valence-corrected chi connectivity index (χ3v) is 5.09. The van der Waals surface area contributed by atoms with E-state index in [0.29, 0.717) is 28.0 Å². The van der Waals surface area contributed by atoms with Crippen LogP contribution in [0.25, 0.3) is 16.7 Å². The van der Waals surface area contributed by atoms with Crippen molar-refractivity contribution >= 4 is 40.0 Å². The van der Waals surface area contributed by atoms with E-state index in [1.165, 1.54) is 16.9 Å². The van der Waals surface area contributed by atoms with Crippen LogP contribution in [0.15, 0.2) is 54.6 Å². The SMILES string of the molecule is Cc1ccc(C(=O)NC(=S)Nc2cc3nn(-c4ccc(F)cc4)nc3cc2C)c(C)c1. The molecule has 0 unspecified atom stereocenters. The molecule has 0 saturated carbocycles. The molecule has 4 aromatic rings. The number of anilines is 1. The van der Waals surface area contributed by atoms with Gasteiger partial charge < -0.3 is 5.32 Å². The first kappa shape index (κ1) is 20.6. The Hall–Kier alpha value is -3.65. The number of nitrogens with one attached hydrogen (secondary N) is 2. The quantitative estimate of drug-likeness (QED) is 0.462. The van der Waals surface area contributed by atoms with Crippen LogP contribution in [0.4, 0.5) is 10.1 Å². The Labute approximate surface area is 184 Å². The van der Waals surface area contributed by atoms with Gasteiger partial charge in [-0.15, -0.1) is 10.2 Å². The van der Waals surface area contributed by atoms with E-state index < -0.39 is 0 Å². The van der Waals surface area contributed by atoms with Gasteiger partial charge in [0.1, 0.15) is 16.9 Å². The summed E-state index contributed by atoms with van der Waals surface area (Å²) in [4.78, 5) is 14.0. The number of aromatic nitrogens is 3. The zero-order valence-corrected chi connectivity index (χ0v) is 18.0. The van der Waals surface area contributed by atoms with Crippen LogP contribution in [0.5, 0.6) is 0 Å². The minimum atomic E-state index is -0.320. The molecule has 4 rings (SSSR count). The number of carbonyl (C=O) groups is 1. The van der Waals surface area contributed by atoms with E-state index in [2.05, 4.69) is 20.8 Å².